The Hall–Kier alpha value is -1.24. The van der Waals surface area contributed by atoms with Crippen LogP contribution < -0.4 is 10.8 Å². The topological polar surface area (TPSA) is 86.8 Å². The van der Waals surface area contributed by atoms with Gasteiger partial charge in [-0.1, -0.05) is 32.6 Å². The average Bonchev–Trinajstić information content (AvgIpc) is 2.67. The fourth-order valence-corrected chi connectivity index (χ4v) is 4.05. The molecule has 142 valence electrons. The molecule has 4 N–H and O–H groups in total. The zero-order valence-electron chi connectivity index (χ0n) is 15.2. The van der Waals surface area contributed by atoms with Gasteiger partial charge in [0.2, 0.25) is 0 Å². The van der Waals surface area contributed by atoms with Crippen molar-refractivity contribution in [2.75, 3.05) is 18.0 Å². The first kappa shape index (κ1) is 21.8. The van der Waals surface area contributed by atoms with Crippen LogP contribution in [0.25, 0.3) is 0 Å². The van der Waals surface area contributed by atoms with Crippen molar-refractivity contribution in [1.29, 1.82) is 0 Å². The van der Waals surface area contributed by atoms with E-state index in [0.29, 0.717) is 0 Å². The molecule has 1 aliphatic heterocycles. The number of carboxylic acids is 1. The van der Waals surface area contributed by atoms with Gasteiger partial charge in [0.1, 0.15) is 5.25 Å². The maximum atomic E-state index is 11.5. The summed E-state index contributed by atoms with van der Waals surface area (Å²) < 4.78 is 0. The molecular weight excluding hydrogens is 336 g/mol. The molecule has 0 aliphatic carbocycles. The summed E-state index contributed by atoms with van der Waals surface area (Å²) in [5.74, 6) is 2.81. The first-order valence-electron chi connectivity index (χ1n) is 9.21. The summed E-state index contributed by atoms with van der Waals surface area (Å²) in [5, 5.41) is 15.6. The molecule has 1 saturated heterocycles. The standard InChI is InChI=1S/C19H29NO2S.H3NO/c1-2-3-4-6-9-18(19(21)22)23-17-12-10-16(11-13-17)20-14-7-5-8-15-20;1-2/h10-13,18H,2-9,14-15H2,1H3,(H,21,22);2H,1H2. The molecule has 1 fully saturated rings. The highest BCUT2D eigenvalue weighted by Crippen LogP contribution is 2.29. The van der Waals surface area contributed by atoms with Crippen LogP contribution in [-0.4, -0.2) is 34.6 Å². The second-order valence-electron chi connectivity index (χ2n) is 6.34. The first-order chi connectivity index (χ1) is 12.2. The Morgan fingerprint density at radius 2 is 1.76 bits per heavy atom. The SMILES string of the molecule is CCCCCCC(Sc1ccc(N2CCCCC2)cc1)C(=O)O.NO. The van der Waals surface area contributed by atoms with Crippen molar-refractivity contribution in [2.45, 2.75) is 68.4 Å². The van der Waals surface area contributed by atoms with Crippen molar-refractivity contribution in [2.24, 2.45) is 5.90 Å². The van der Waals surface area contributed by atoms with E-state index < -0.39 is 5.97 Å². The largest absolute Gasteiger partial charge is 0.480 e. The van der Waals surface area contributed by atoms with E-state index in [1.54, 1.807) is 0 Å². The normalized spacial score (nSPS) is 15.2. The second kappa shape index (κ2) is 13.0. The van der Waals surface area contributed by atoms with Crippen LogP contribution in [0, 0.1) is 0 Å². The molecule has 1 aromatic carbocycles. The molecule has 5 nitrogen and oxygen atoms in total. The van der Waals surface area contributed by atoms with Crippen LogP contribution in [0.1, 0.15) is 58.3 Å². The van der Waals surface area contributed by atoms with Gasteiger partial charge < -0.3 is 15.2 Å². The molecule has 0 bridgehead atoms. The van der Waals surface area contributed by atoms with Crippen LogP contribution in [0.4, 0.5) is 5.69 Å². The molecule has 1 unspecified atom stereocenters. The van der Waals surface area contributed by atoms with Crippen molar-refractivity contribution in [1.82, 2.24) is 0 Å². The number of anilines is 1. The van der Waals surface area contributed by atoms with Crippen molar-refractivity contribution in [3.8, 4) is 0 Å². The van der Waals surface area contributed by atoms with Crippen LogP contribution in [0.15, 0.2) is 29.2 Å². The number of thioether (sulfide) groups is 1. The average molecular weight is 369 g/mol. The number of nitrogens with zero attached hydrogens (tertiary/aromatic N) is 1. The fourth-order valence-electron chi connectivity index (χ4n) is 3.04. The molecule has 2 rings (SSSR count). The van der Waals surface area contributed by atoms with E-state index in [9.17, 15) is 9.90 Å². The number of nitrogens with two attached hydrogens (primary N) is 1. The summed E-state index contributed by atoms with van der Waals surface area (Å²) in [6.45, 7) is 4.46. The monoisotopic (exact) mass is 368 g/mol. The van der Waals surface area contributed by atoms with E-state index in [0.717, 1.165) is 37.2 Å². The van der Waals surface area contributed by atoms with E-state index >= 15 is 0 Å². The van der Waals surface area contributed by atoms with E-state index in [1.807, 2.05) is 0 Å². The number of hydrogen-bond donors (Lipinski definition) is 3. The van der Waals surface area contributed by atoms with Gasteiger partial charge in [-0.05, 0) is 49.9 Å². The van der Waals surface area contributed by atoms with E-state index in [4.69, 9.17) is 5.21 Å². The third-order valence-corrected chi connectivity index (χ3v) is 5.70. The number of piperidine rings is 1. The van der Waals surface area contributed by atoms with Crippen LogP contribution >= 0.6 is 11.8 Å². The minimum atomic E-state index is -0.688. The maximum absolute atomic E-state index is 11.5. The number of aliphatic carboxylic acids is 1. The van der Waals surface area contributed by atoms with Crippen LogP contribution in [-0.2, 0) is 4.79 Å². The number of benzene rings is 1. The van der Waals surface area contributed by atoms with Crippen LogP contribution in [0.5, 0.6) is 0 Å². The van der Waals surface area contributed by atoms with Crippen molar-refractivity contribution in [3.05, 3.63) is 24.3 Å². The molecule has 1 aromatic rings. The molecule has 0 radical (unpaired) electrons. The van der Waals surface area contributed by atoms with E-state index in [-0.39, 0.29) is 5.25 Å². The van der Waals surface area contributed by atoms with Crippen molar-refractivity contribution >= 4 is 23.4 Å². The van der Waals surface area contributed by atoms with E-state index in [1.165, 1.54) is 49.6 Å². The van der Waals surface area contributed by atoms with Gasteiger partial charge >= 0.3 is 5.97 Å². The summed E-state index contributed by atoms with van der Waals surface area (Å²) in [6.07, 6.45) is 9.16. The number of carboxylic acid groups (broad SMARTS) is 1. The Balaban J connectivity index is 0.00000151. The molecule has 0 spiro atoms. The third-order valence-electron chi connectivity index (χ3n) is 4.43. The van der Waals surface area contributed by atoms with Gasteiger partial charge in [0.25, 0.3) is 0 Å². The molecule has 0 amide bonds. The quantitative estimate of drug-likeness (QED) is 0.337. The van der Waals surface area contributed by atoms with Gasteiger partial charge in [0.15, 0.2) is 0 Å². The molecule has 1 atom stereocenters. The molecule has 1 heterocycles. The van der Waals surface area contributed by atoms with Gasteiger partial charge in [-0.2, -0.15) is 0 Å². The molecule has 1 aliphatic rings. The summed E-state index contributed by atoms with van der Waals surface area (Å²) in [5.41, 5.74) is 1.27. The Labute approximate surface area is 155 Å². The Bertz CT molecular complexity index is 476. The maximum Gasteiger partial charge on any atom is 0.316 e. The molecular formula is C19H32N2O3S. The predicted octanol–water partition coefficient (Wildman–Crippen LogP) is 4.53. The first-order valence-corrected chi connectivity index (χ1v) is 10.1. The Morgan fingerprint density at radius 1 is 1.12 bits per heavy atom. The highest BCUT2D eigenvalue weighted by molar-refractivity contribution is 8.00. The smallest absolute Gasteiger partial charge is 0.316 e. The minimum Gasteiger partial charge on any atom is -0.480 e. The summed E-state index contributed by atoms with van der Waals surface area (Å²) in [6, 6.07) is 8.44. The van der Waals surface area contributed by atoms with Crippen LogP contribution in [0.3, 0.4) is 0 Å². The summed E-state index contributed by atoms with van der Waals surface area (Å²) in [7, 11) is 0. The third kappa shape index (κ3) is 8.12. The summed E-state index contributed by atoms with van der Waals surface area (Å²) >= 11 is 1.49. The van der Waals surface area contributed by atoms with Crippen LogP contribution in [0.2, 0.25) is 0 Å². The lowest BCUT2D eigenvalue weighted by Crippen LogP contribution is -2.29. The number of hydrogen-bond acceptors (Lipinski definition) is 5. The highest BCUT2D eigenvalue weighted by atomic mass is 32.2. The lowest BCUT2D eigenvalue weighted by Gasteiger charge is -2.28. The fraction of sp³-hybridized carbons (Fsp3) is 0.632. The van der Waals surface area contributed by atoms with E-state index in [2.05, 4.69) is 42.0 Å². The van der Waals surface area contributed by atoms with Gasteiger partial charge in [-0.25, -0.2) is 5.90 Å². The van der Waals surface area contributed by atoms with Gasteiger partial charge in [-0.15, -0.1) is 11.8 Å². The zero-order chi connectivity index (χ0) is 18.5. The number of carbonyl (C=O) groups is 1. The number of rotatable bonds is 9. The predicted molar refractivity (Wildman–Crippen MR) is 105 cm³/mol. The van der Waals surface area contributed by atoms with Crippen molar-refractivity contribution < 1.29 is 15.1 Å². The lowest BCUT2D eigenvalue weighted by atomic mass is 10.1. The lowest BCUT2D eigenvalue weighted by molar-refractivity contribution is -0.136. The van der Waals surface area contributed by atoms with Crippen molar-refractivity contribution in [3.63, 3.8) is 0 Å². The van der Waals surface area contributed by atoms with Gasteiger partial charge in [0, 0.05) is 23.7 Å². The Morgan fingerprint density at radius 3 is 2.32 bits per heavy atom. The second-order valence-corrected chi connectivity index (χ2v) is 7.61. The molecule has 25 heavy (non-hydrogen) atoms. The van der Waals surface area contributed by atoms with Gasteiger partial charge in [0.05, 0.1) is 0 Å². The molecule has 0 saturated carbocycles. The Kier molecular flexibility index (Phi) is 11.4. The minimum absolute atomic E-state index is 0.326. The molecule has 0 aromatic heterocycles. The summed E-state index contributed by atoms with van der Waals surface area (Å²) in [4.78, 5) is 14.9. The zero-order valence-corrected chi connectivity index (χ0v) is 16.0. The highest BCUT2D eigenvalue weighted by Gasteiger charge is 2.18. The van der Waals surface area contributed by atoms with Gasteiger partial charge in [-0.3, -0.25) is 4.79 Å². The molecule has 6 heteroatoms. The number of unbranched alkanes of at least 4 members (excludes halogenated alkanes) is 3.